The summed E-state index contributed by atoms with van der Waals surface area (Å²) in [5, 5.41) is 0. The van der Waals surface area contributed by atoms with Crippen LogP contribution in [0, 0.1) is 13.8 Å². The third-order valence-electron chi connectivity index (χ3n) is 4.91. The van der Waals surface area contributed by atoms with Crippen LogP contribution in [0.2, 0.25) is 0 Å². The molecule has 29 heavy (non-hydrogen) atoms. The highest BCUT2D eigenvalue weighted by atomic mass is 79.9. The molecule has 3 rings (SSSR count). The van der Waals surface area contributed by atoms with Crippen LogP contribution in [-0.4, -0.2) is 55.3 Å². The monoisotopic (exact) mass is 476 g/mol. The zero-order valence-electron chi connectivity index (χ0n) is 16.7. The fourth-order valence-electron chi connectivity index (χ4n) is 3.17. The molecule has 1 aliphatic rings. The number of amides is 1. The number of hydrogen-bond donors (Lipinski definition) is 0. The Morgan fingerprint density at radius 2 is 1.72 bits per heavy atom. The number of benzene rings is 2. The number of para-hydroxylation sites is 1. The molecule has 0 atom stereocenters. The van der Waals surface area contributed by atoms with Gasteiger partial charge in [-0.15, -0.1) is 11.8 Å². The number of esters is 1. The minimum absolute atomic E-state index is 0.133. The van der Waals surface area contributed by atoms with E-state index in [0.717, 1.165) is 33.6 Å². The molecule has 0 aliphatic carbocycles. The highest BCUT2D eigenvalue weighted by Gasteiger charge is 2.22. The van der Waals surface area contributed by atoms with Crippen LogP contribution >= 0.6 is 27.7 Å². The van der Waals surface area contributed by atoms with E-state index in [1.807, 2.05) is 38.1 Å². The minimum atomic E-state index is -0.369. The van der Waals surface area contributed by atoms with Crippen molar-refractivity contribution in [2.24, 2.45) is 0 Å². The van der Waals surface area contributed by atoms with Gasteiger partial charge in [-0.2, -0.15) is 0 Å². The second-order valence-corrected chi connectivity index (χ2v) is 8.89. The van der Waals surface area contributed by atoms with Crippen LogP contribution in [0.5, 0.6) is 0 Å². The number of rotatable bonds is 6. The summed E-state index contributed by atoms with van der Waals surface area (Å²) in [6.07, 6.45) is 0. The fraction of sp³-hybridized carbons (Fsp3) is 0.364. The Hall–Kier alpha value is -1.99. The van der Waals surface area contributed by atoms with E-state index in [9.17, 15) is 9.59 Å². The molecule has 0 N–H and O–H groups in total. The lowest BCUT2D eigenvalue weighted by Crippen LogP contribution is -2.49. The molecule has 7 heteroatoms. The average molecular weight is 477 g/mol. The van der Waals surface area contributed by atoms with Gasteiger partial charge in [-0.25, -0.2) is 0 Å². The van der Waals surface area contributed by atoms with Crippen LogP contribution in [0.4, 0.5) is 5.69 Å². The van der Waals surface area contributed by atoms with Crippen molar-refractivity contribution in [1.82, 2.24) is 4.90 Å². The maximum atomic E-state index is 12.4. The lowest BCUT2D eigenvalue weighted by molar-refractivity contribution is -0.150. The zero-order chi connectivity index (χ0) is 20.8. The van der Waals surface area contributed by atoms with Gasteiger partial charge in [-0.05, 0) is 49.2 Å². The minimum Gasteiger partial charge on any atom is -0.455 e. The smallest absolute Gasteiger partial charge is 0.316 e. The molecular formula is C22H25BrN2O3S. The molecule has 0 aromatic heterocycles. The SMILES string of the molecule is Cc1cc(SCC(=O)OCC(=O)N2CCN(c3ccccc3)CC2)c(C)cc1Br. The number of ether oxygens (including phenoxy) is 1. The van der Waals surface area contributed by atoms with E-state index in [4.69, 9.17) is 4.74 Å². The summed E-state index contributed by atoms with van der Waals surface area (Å²) in [7, 11) is 0. The summed E-state index contributed by atoms with van der Waals surface area (Å²) in [6, 6.07) is 14.3. The number of hydrogen-bond acceptors (Lipinski definition) is 5. The van der Waals surface area contributed by atoms with Gasteiger partial charge in [0.1, 0.15) is 0 Å². The highest BCUT2D eigenvalue weighted by molar-refractivity contribution is 9.10. The van der Waals surface area contributed by atoms with Crippen LogP contribution in [0.3, 0.4) is 0 Å². The number of carbonyl (C=O) groups is 2. The molecular weight excluding hydrogens is 452 g/mol. The molecule has 154 valence electrons. The Morgan fingerprint density at radius 1 is 1.03 bits per heavy atom. The van der Waals surface area contributed by atoms with E-state index in [1.54, 1.807) is 4.90 Å². The fourth-order valence-corrected chi connectivity index (χ4v) is 4.54. The molecule has 0 unspecified atom stereocenters. The molecule has 0 spiro atoms. The van der Waals surface area contributed by atoms with Gasteiger partial charge >= 0.3 is 5.97 Å². The number of halogens is 1. The first-order chi connectivity index (χ1) is 13.9. The van der Waals surface area contributed by atoms with Gasteiger partial charge in [0.05, 0.1) is 5.75 Å². The van der Waals surface area contributed by atoms with E-state index < -0.39 is 0 Å². The lowest BCUT2D eigenvalue weighted by atomic mass is 10.2. The number of nitrogens with zero attached hydrogens (tertiary/aromatic N) is 2. The molecule has 5 nitrogen and oxygen atoms in total. The summed E-state index contributed by atoms with van der Waals surface area (Å²) in [5.41, 5.74) is 3.39. The third-order valence-corrected chi connectivity index (χ3v) is 6.90. The molecule has 0 saturated carbocycles. The van der Waals surface area contributed by atoms with Crippen molar-refractivity contribution >= 4 is 45.3 Å². The van der Waals surface area contributed by atoms with Crippen molar-refractivity contribution in [3.05, 3.63) is 58.1 Å². The molecule has 2 aromatic rings. The van der Waals surface area contributed by atoms with Crippen LogP contribution < -0.4 is 4.90 Å². The average Bonchev–Trinajstić information content (AvgIpc) is 2.74. The standard InChI is InChI=1S/C22H25BrN2O3S/c1-16-13-20(17(2)12-19(16)23)29-15-22(27)28-14-21(26)25-10-8-24(9-11-25)18-6-4-3-5-7-18/h3-7,12-13H,8-11,14-15H2,1-2H3. The van der Waals surface area contributed by atoms with Crippen molar-refractivity contribution in [1.29, 1.82) is 0 Å². The van der Waals surface area contributed by atoms with Gasteiger partial charge in [-0.1, -0.05) is 34.1 Å². The molecule has 2 aromatic carbocycles. The summed E-state index contributed by atoms with van der Waals surface area (Å²) in [5.74, 6) is -0.310. The van der Waals surface area contributed by atoms with Gasteiger partial charge in [0.2, 0.25) is 0 Å². The van der Waals surface area contributed by atoms with Crippen LogP contribution in [0.1, 0.15) is 11.1 Å². The summed E-state index contributed by atoms with van der Waals surface area (Å²) in [4.78, 5) is 29.5. The highest BCUT2D eigenvalue weighted by Crippen LogP contribution is 2.28. The maximum Gasteiger partial charge on any atom is 0.316 e. The maximum absolute atomic E-state index is 12.4. The molecule has 0 radical (unpaired) electrons. The van der Waals surface area contributed by atoms with Gasteiger partial charge in [0.25, 0.3) is 5.91 Å². The Morgan fingerprint density at radius 3 is 2.41 bits per heavy atom. The third kappa shape index (κ3) is 6.00. The quantitative estimate of drug-likeness (QED) is 0.464. The topological polar surface area (TPSA) is 49.9 Å². The number of thioether (sulfide) groups is 1. The second kappa shape index (κ2) is 10.2. The second-order valence-electron chi connectivity index (χ2n) is 7.02. The van der Waals surface area contributed by atoms with Crippen LogP contribution in [-0.2, 0) is 14.3 Å². The van der Waals surface area contributed by atoms with E-state index in [-0.39, 0.29) is 24.2 Å². The first-order valence-electron chi connectivity index (χ1n) is 9.57. The Kier molecular flexibility index (Phi) is 7.61. The summed E-state index contributed by atoms with van der Waals surface area (Å²) in [6.45, 7) is 6.67. The van der Waals surface area contributed by atoms with Crippen molar-refractivity contribution in [3.63, 3.8) is 0 Å². The van der Waals surface area contributed by atoms with E-state index in [0.29, 0.717) is 13.1 Å². The molecule has 0 bridgehead atoms. The van der Waals surface area contributed by atoms with E-state index in [1.165, 1.54) is 17.4 Å². The predicted octanol–water partition coefficient (Wildman–Crippen LogP) is 4.05. The number of anilines is 1. The van der Waals surface area contributed by atoms with Crippen LogP contribution in [0.25, 0.3) is 0 Å². The molecule has 1 heterocycles. The van der Waals surface area contributed by atoms with Gasteiger partial charge in [0.15, 0.2) is 6.61 Å². The molecule has 1 saturated heterocycles. The number of piperazine rings is 1. The Labute approximate surface area is 184 Å². The number of aryl methyl sites for hydroxylation is 2. The summed E-state index contributed by atoms with van der Waals surface area (Å²) >= 11 is 4.95. The lowest BCUT2D eigenvalue weighted by Gasteiger charge is -2.36. The predicted molar refractivity (Wildman–Crippen MR) is 121 cm³/mol. The van der Waals surface area contributed by atoms with Crippen LogP contribution in [0.15, 0.2) is 51.8 Å². The van der Waals surface area contributed by atoms with E-state index >= 15 is 0 Å². The van der Waals surface area contributed by atoms with Crippen molar-refractivity contribution in [2.45, 2.75) is 18.7 Å². The van der Waals surface area contributed by atoms with Gasteiger partial charge in [0, 0.05) is 41.2 Å². The zero-order valence-corrected chi connectivity index (χ0v) is 19.1. The van der Waals surface area contributed by atoms with E-state index in [2.05, 4.69) is 39.0 Å². The van der Waals surface area contributed by atoms with Crippen molar-refractivity contribution in [3.8, 4) is 0 Å². The molecule has 1 fully saturated rings. The van der Waals surface area contributed by atoms with Crippen molar-refractivity contribution < 1.29 is 14.3 Å². The Balaban J connectivity index is 1.40. The summed E-state index contributed by atoms with van der Waals surface area (Å²) < 4.78 is 6.27. The number of carbonyl (C=O) groups excluding carboxylic acids is 2. The van der Waals surface area contributed by atoms with Crippen molar-refractivity contribution in [2.75, 3.05) is 43.4 Å². The first-order valence-corrected chi connectivity index (χ1v) is 11.3. The largest absolute Gasteiger partial charge is 0.455 e. The molecule has 1 amide bonds. The van der Waals surface area contributed by atoms with Gasteiger partial charge < -0.3 is 14.5 Å². The first kappa shape index (κ1) is 21.7. The van der Waals surface area contributed by atoms with Gasteiger partial charge in [-0.3, -0.25) is 9.59 Å². The normalized spacial score (nSPS) is 14.0. The molecule has 1 aliphatic heterocycles. The Bertz CT molecular complexity index is 868.